The fourth-order valence-corrected chi connectivity index (χ4v) is 3.60. The lowest BCUT2D eigenvalue weighted by Gasteiger charge is -2.17. The SMILES string of the molecule is Nc1cc(C(=O)N/N=C/c2cccc3c2ccn3CC2C=C(F)C=C(F)C2)ccc1O. The van der Waals surface area contributed by atoms with Gasteiger partial charge in [0.1, 0.15) is 17.4 Å². The van der Waals surface area contributed by atoms with E-state index < -0.39 is 17.6 Å². The molecule has 0 spiro atoms. The van der Waals surface area contributed by atoms with Crippen LogP contribution >= 0.6 is 0 Å². The van der Waals surface area contributed by atoms with E-state index in [2.05, 4.69) is 10.5 Å². The van der Waals surface area contributed by atoms with Crippen LogP contribution in [-0.4, -0.2) is 21.8 Å². The van der Waals surface area contributed by atoms with Crippen LogP contribution in [0, 0.1) is 5.92 Å². The van der Waals surface area contributed by atoms with E-state index in [4.69, 9.17) is 5.73 Å². The molecule has 2 aromatic carbocycles. The number of allylic oxidation sites excluding steroid dienone is 4. The number of nitrogens with two attached hydrogens (primary N) is 1. The molecule has 1 atom stereocenters. The number of aromatic nitrogens is 1. The molecular weight excluding hydrogens is 402 g/mol. The van der Waals surface area contributed by atoms with Gasteiger partial charge in [0.25, 0.3) is 5.91 Å². The van der Waals surface area contributed by atoms with Gasteiger partial charge < -0.3 is 15.4 Å². The van der Waals surface area contributed by atoms with E-state index in [1.165, 1.54) is 30.5 Å². The largest absolute Gasteiger partial charge is 0.506 e. The first-order valence-corrected chi connectivity index (χ1v) is 9.64. The van der Waals surface area contributed by atoms with Gasteiger partial charge in [0.15, 0.2) is 0 Å². The van der Waals surface area contributed by atoms with Gasteiger partial charge in [-0.05, 0) is 36.4 Å². The van der Waals surface area contributed by atoms with E-state index in [0.717, 1.165) is 22.5 Å². The Labute approximate surface area is 177 Å². The molecule has 1 amide bonds. The maximum Gasteiger partial charge on any atom is 0.271 e. The molecule has 3 aromatic rings. The number of halogens is 2. The lowest BCUT2D eigenvalue weighted by molar-refractivity contribution is 0.0955. The number of rotatable bonds is 5. The van der Waals surface area contributed by atoms with Gasteiger partial charge in [-0.1, -0.05) is 12.1 Å². The molecule has 1 unspecified atom stereocenters. The minimum atomic E-state index is -0.552. The number of hydrazone groups is 1. The highest BCUT2D eigenvalue weighted by atomic mass is 19.1. The number of carbonyl (C=O) groups is 1. The molecule has 1 aliphatic carbocycles. The Morgan fingerprint density at radius 3 is 2.90 bits per heavy atom. The Kier molecular flexibility index (Phi) is 5.53. The van der Waals surface area contributed by atoms with Gasteiger partial charge in [-0.2, -0.15) is 5.10 Å². The van der Waals surface area contributed by atoms with Crippen molar-refractivity contribution in [2.45, 2.75) is 13.0 Å². The number of fused-ring (bicyclic) bond motifs is 1. The Bertz CT molecular complexity index is 1240. The maximum atomic E-state index is 13.6. The maximum absolute atomic E-state index is 13.6. The summed E-state index contributed by atoms with van der Waals surface area (Å²) >= 11 is 0. The number of benzene rings is 2. The van der Waals surface area contributed by atoms with Crippen molar-refractivity contribution in [3.63, 3.8) is 0 Å². The molecule has 4 N–H and O–H groups in total. The van der Waals surface area contributed by atoms with Crippen LogP contribution in [0.4, 0.5) is 14.5 Å². The molecule has 8 heteroatoms. The molecule has 1 heterocycles. The van der Waals surface area contributed by atoms with Gasteiger partial charge in [-0.15, -0.1) is 0 Å². The Morgan fingerprint density at radius 2 is 2.13 bits per heavy atom. The Balaban J connectivity index is 1.49. The molecule has 0 saturated heterocycles. The van der Waals surface area contributed by atoms with E-state index in [9.17, 15) is 18.7 Å². The zero-order chi connectivity index (χ0) is 22.0. The Hall–Kier alpha value is -3.94. The van der Waals surface area contributed by atoms with Crippen molar-refractivity contribution in [1.82, 2.24) is 9.99 Å². The van der Waals surface area contributed by atoms with Crippen molar-refractivity contribution in [3.8, 4) is 5.75 Å². The summed E-state index contributed by atoms with van der Waals surface area (Å²) < 4.78 is 29.0. The molecule has 4 rings (SSSR count). The first kappa shape index (κ1) is 20.3. The fraction of sp³-hybridized carbons (Fsp3) is 0.130. The zero-order valence-corrected chi connectivity index (χ0v) is 16.4. The summed E-state index contributed by atoms with van der Waals surface area (Å²) in [6.07, 6.45) is 5.91. The van der Waals surface area contributed by atoms with Gasteiger partial charge in [-0.3, -0.25) is 4.79 Å². The van der Waals surface area contributed by atoms with Crippen LogP contribution in [0.1, 0.15) is 22.3 Å². The predicted molar refractivity (Wildman–Crippen MR) is 116 cm³/mol. The average Bonchev–Trinajstić information content (AvgIpc) is 3.13. The number of phenols is 1. The zero-order valence-electron chi connectivity index (χ0n) is 16.4. The number of hydrogen-bond acceptors (Lipinski definition) is 4. The smallest absolute Gasteiger partial charge is 0.271 e. The monoisotopic (exact) mass is 422 g/mol. The molecular formula is C23H20F2N4O2. The van der Waals surface area contributed by atoms with Gasteiger partial charge >= 0.3 is 0 Å². The summed E-state index contributed by atoms with van der Waals surface area (Å²) in [6.45, 7) is 0.442. The average molecular weight is 422 g/mol. The molecule has 1 aliphatic rings. The highest BCUT2D eigenvalue weighted by Gasteiger charge is 2.17. The third kappa shape index (κ3) is 4.48. The first-order chi connectivity index (χ1) is 14.9. The van der Waals surface area contributed by atoms with E-state index >= 15 is 0 Å². The number of hydrogen-bond donors (Lipinski definition) is 3. The molecule has 0 saturated carbocycles. The second-order valence-corrected chi connectivity index (χ2v) is 7.33. The van der Waals surface area contributed by atoms with E-state index in [-0.39, 0.29) is 29.3 Å². The van der Waals surface area contributed by atoms with Crippen LogP contribution in [0.3, 0.4) is 0 Å². The number of nitrogens with zero attached hydrogens (tertiary/aromatic N) is 2. The van der Waals surface area contributed by atoms with Gasteiger partial charge in [0.05, 0.1) is 11.9 Å². The van der Waals surface area contributed by atoms with Crippen molar-refractivity contribution in [1.29, 1.82) is 0 Å². The second kappa shape index (κ2) is 8.43. The summed E-state index contributed by atoms with van der Waals surface area (Å²) in [4.78, 5) is 12.2. The number of nitrogen functional groups attached to an aromatic ring is 1. The Morgan fingerprint density at radius 1 is 1.29 bits per heavy atom. The van der Waals surface area contributed by atoms with Crippen molar-refractivity contribution in [2.75, 3.05) is 5.73 Å². The predicted octanol–water partition coefficient (Wildman–Crippen LogP) is 4.42. The summed E-state index contributed by atoms with van der Waals surface area (Å²) in [5.74, 6) is -1.84. The number of amides is 1. The molecule has 31 heavy (non-hydrogen) atoms. The molecule has 158 valence electrons. The highest BCUT2D eigenvalue weighted by molar-refractivity contribution is 6.00. The summed E-state index contributed by atoms with van der Waals surface area (Å²) in [5, 5.41) is 14.4. The van der Waals surface area contributed by atoms with E-state index in [0.29, 0.717) is 6.54 Å². The third-order valence-corrected chi connectivity index (χ3v) is 5.08. The lowest BCUT2D eigenvalue weighted by Crippen LogP contribution is -2.17. The number of nitrogens with one attached hydrogen (secondary N) is 1. The van der Waals surface area contributed by atoms with E-state index in [1.807, 2.05) is 35.0 Å². The summed E-state index contributed by atoms with van der Waals surface area (Å²) in [5.41, 5.74) is 10.1. The minimum absolute atomic E-state index is 0.0959. The molecule has 0 bridgehead atoms. The standard InChI is InChI=1S/C23H20F2N4O2/c24-17-8-14(9-18(25)11-17)13-29-7-6-19-16(2-1-3-21(19)29)12-27-28-23(31)15-4-5-22(30)20(26)10-15/h1-8,10-12,14,30H,9,13,26H2,(H,28,31)/b27-12+. The highest BCUT2D eigenvalue weighted by Crippen LogP contribution is 2.28. The van der Waals surface area contributed by atoms with E-state index in [1.54, 1.807) is 0 Å². The molecule has 0 aliphatic heterocycles. The second-order valence-electron chi connectivity index (χ2n) is 7.33. The van der Waals surface area contributed by atoms with Crippen molar-refractivity contribution in [2.24, 2.45) is 11.0 Å². The number of phenolic OH excluding ortho intramolecular Hbond substituents is 1. The summed E-state index contributed by atoms with van der Waals surface area (Å²) in [6, 6.07) is 11.7. The van der Waals surface area contributed by atoms with Crippen LogP contribution in [0.2, 0.25) is 0 Å². The molecule has 0 fully saturated rings. The molecule has 0 radical (unpaired) electrons. The van der Waals surface area contributed by atoms with Crippen LogP contribution in [0.25, 0.3) is 10.9 Å². The summed E-state index contributed by atoms with van der Waals surface area (Å²) in [7, 11) is 0. The first-order valence-electron chi connectivity index (χ1n) is 9.64. The van der Waals surface area contributed by atoms with Crippen LogP contribution < -0.4 is 11.2 Å². The van der Waals surface area contributed by atoms with Gasteiger partial charge in [0, 0.05) is 53.2 Å². The fourth-order valence-electron chi connectivity index (χ4n) is 3.60. The normalized spacial score (nSPS) is 16.4. The van der Waals surface area contributed by atoms with Crippen LogP contribution in [0.15, 0.2) is 77.6 Å². The molecule has 1 aromatic heterocycles. The van der Waals surface area contributed by atoms with Crippen molar-refractivity contribution < 1.29 is 18.7 Å². The third-order valence-electron chi connectivity index (χ3n) is 5.08. The minimum Gasteiger partial charge on any atom is -0.506 e. The molecule has 6 nitrogen and oxygen atoms in total. The number of aromatic hydroxyl groups is 1. The quantitative estimate of drug-likeness (QED) is 0.246. The van der Waals surface area contributed by atoms with Crippen molar-refractivity contribution >= 4 is 28.7 Å². The van der Waals surface area contributed by atoms with Gasteiger partial charge in [-0.25, -0.2) is 14.2 Å². The number of carbonyl (C=O) groups excluding carboxylic acids is 1. The van der Waals surface area contributed by atoms with Crippen LogP contribution in [0.5, 0.6) is 5.75 Å². The van der Waals surface area contributed by atoms with Crippen LogP contribution in [-0.2, 0) is 6.54 Å². The lowest BCUT2D eigenvalue weighted by atomic mass is 9.99. The van der Waals surface area contributed by atoms with Crippen molar-refractivity contribution in [3.05, 3.63) is 83.6 Å². The topological polar surface area (TPSA) is 92.6 Å². The number of anilines is 1. The van der Waals surface area contributed by atoms with Gasteiger partial charge in [0.2, 0.25) is 0 Å².